The van der Waals surface area contributed by atoms with Gasteiger partial charge in [-0.3, -0.25) is 14.4 Å². The Hall–Kier alpha value is -2.57. The molecule has 0 saturated carbocycles. The molecular weight excluding hydrogens is 394 g/mol. The van der Waals surface area contributed by atoms with Crippen molar-refractivity contribution in [3.63, 3.8) is 0 Å². The van der Waals surface area contributed by atoms with Gasteiger partial charge in [-0.15, -0.1) is 0 Å². The smallest absolute Gasteiger partial charge is 0.260 e. The molecule has 2 aliphatic rings. The van der Waals surface area contributed by atoms with Crippen LogP contribution in [0.25, 0.3) is 0 Å². The van der Waals surface area contributed by atoms with Crippen molar-refractivity contribution in [2.45, 2.75) is 52.5 Å². The zero-order chi connectivity index (χ0) is 22.4. The van der Waals surface area contributed by atoms with Crippen LogP contribution in [0.15, 0.2) is 24.3 Å². The van der Waals surface area contributed by atoms with Crippen molar-refractivity contribution in [3.8, 4) is 5.75 Å². The van der Waals surface area contributed by atoms with Gasteiger partial charge in [-0.25, -0.2) is 0 Å². The van der Waals surface area contributed by atoms with Crippen LogP contribution in [-0.4, -0.2) is 77.8 Å². The lowest BCUT2D eigenvalue weighted by Gasteiger charge is -2.25. The van der Waals surface area contributed by atoms with Gasteiger partial charge in [-0.1, -0.05) is 25.5 Å². The number of ether oxygens (including phenoxy) is 1. The van der Waals surface area contributed by atoms with E-state index in [-0.39, 0.29) is 36.3 Å². The minimum atomic E-state index is -0.267. The highest BCUT2D eigenvalue weighted by molar-refractivity contribution is 5.89. The summed E-state index contributed by atoms with van der Waals surface area (Å²) < 4.78 is 5.68. The lowest BCUT2D eigenvalue weighted by Crippen LogP contribution is -2.42. The molecule has 0 bridgehead atoms. The van der Waals surface area contributed by atoms with Gasteiger partial charge >= 0.3 is 0 Å². The first-order chi connectivity index (χ1) is 14.9. The van der Waals surface area contributed by atoms with E-state index in [1.807, 2.05) is 43.0 Å². The molecule has 170 valence electrons. The molecule has 0 N–H and O–H groups in total. The number of aryl methyl sites for hydroxylation is 1. The summed E-state index contributed by atoms with van der Waals surface area (Å²) in [5, 5.41) is 0. The first-order valence-corrected chi connectivity index (χ1v) is 11.5. The number of rotatable bonds is 7. The van der Waals surface area contributed by atoms with Crippen LogP contribution in [0.2, 0.25) is 0 Å². The molecular formula is C24H35N3O4. The van der Waals surface area contributed by atoms with Crippen LogP contribution in [-0.2, 0) is 20.8 Å². The summed E-state index contributed by atoms with van der Waals surface area (Å²) in [6.45, 7) is 8.83. The summed E-state index contributed by atoms with van der Waals surface area (Å²) in [6.07, 6.45) is 3.16. The highest BCUT2D eigenvalue weighted by Crippen LogP contribution is 2.23. The van der Waals surface area contributed by atoms with Crippen LogP contribution in [0.5, 0.6) is 5.75 Å². The molecule has 3 amide bonds. The molecule has 1 atom stereocenters. The second-order valence-electron chi connectivity index (χ2n) is 8.78. The molecule has 0 aliphatic carbocycles. The lowest BCUT2D eigenvalue weighted by molar-refractivity contribution is -0.137. The van der Waals surface area contributed by atoms with E-state index >= 15 is 0 Å². The third kappa shape index (κ3) is 5.99. The van der Waals surface area contributed by atoms with Crippen LogP contribution < -0.4 is 4.74 Å². The van der Waals surface area contributed by atoms with Crippen LogP contribution >= 0.6 is 0 Å². The zero-order valence-electron chi connectivity index (χ0n) is 19.0. The fraction of sp³-hybridized carbons (Fsp3) is 0.625. The Bertz CT molecular complexity index is 778. The molecule has 1 unspecified atom stereocenters. The van der Waals surface area contributed by atoms with Crippen molar-refractivity contribution in [1.29, 1.82) is 0 Å². The third-order valence-corrected chi connectivity index (χ3v) is 6.12. The van der Waals surface area contributed by atoms with E-state index < -0.39 is 0 Å². The largest absolute Gasteiger partial charge is 0.484 e. The summed E-state index contributed by atoms with van der Waals surface area (Å²) >= 11 is 0. The molecule has 2 saturated heterocycles. The van der Waals surface area contributed by atoms with Gasteiger partial charge in [0.1, 0.15) is 5.75 Å². The summed E-state index contributed by atoms with van der Waals surface area (Å²) in [5.74, 6) is 0.458. The molecule has 2 aliphatic heterocycles. The van der Waals surface area contributed by atoms with Gasteiger partial charge in [0.2, 0.25) is 11.8 Å². The van der Waals surface area contributed by atoms with Crippen molar-refractivity contribution >= 4 is 17.7 Å². The fourth-order valence-electron chi connectivity index (χ4n) is 4.32. The standard InChI is InChI=1S/C24H35N3O4/c1-4-6-19-7-9-21(10-8-19)31-17-23(29)25-11-5-12-26(14-13-25)24(30)20-15-22(28)27(16-20)18(2)3/h7-10,18,20H,4-6,11-17H2,1-3H3. The zero-order valence-corrected chi connectivity index (χ0v) is 19.0. The van der Waals surface area contributed by atoms with Crippen LogP contribution in [0.3, 0.4) is 0 Å². The predicted molar refractivity (Wildman–Crippen MR) is 119 cm³/mol. The lowest BCUT2D eigenvalue weighted by atomic mass is 10.1. The minimum absolute atomic E-state index is 0.00153. The fourth-order valence-corrected chi connectivity index (χ4v) is 4.32. The van der Waals surface area contributed by atoms with Gasteiger partial charge < -0.3 is 19.4 Å². The molecule has 3 rings (SSSR count). The molecule has 0 aromatic heterocycles. The molecule has 0 radical (unpaired) electrons. The SMILES string of the molecule is CCCc1ccc(OCC(=O)N2CCCN(C(=O)C3CC(=O)N(C(C)C)C3)CC2)cc1. The Labute approximate surface area is 185 Å². The van der Waals surface area contributed by atoms with Gasteiger partial charge in [-0.2, -0.15) is 0 Å². The average Bonchev–Trinajstić information content (AvgIpc) is 2.98. The number of hydrogen-bond acceptors (Lipinski definition) is 4. The number of amides is 3. The Morgan fingerprint density at radius 2 is 1.74 bits per heavy atom. The van der Waals surface area contributed by atoms with Crippen LogP contribution in [0.4, 0.5) is 0 Å². The molecule has 0 spiro atoms. The third-order valence-electron chi connectivity index (χ3n) is 6.12. The van der Waals surface area contributed by atoms with Crippen molar-refractivity contribution in [1.82, 2.24) is 14.7 Å². The number of hydrogen-bond donors (Lipinski definition) is 0. The second-order valence-corrected chi connectivity index (χ2v) is 8.78. The Morgan fingerprint density at radius 3 is 2.39 bits per heavy atom. The first-order valence-electron chi connectivity index (χ1n) is 11.5. The van der Waals surface area contributed by atoms with Crippen molar-refractivity contribution < 1.29 is 19.1 Å². The first kappa shape index (κ1) is 23.1. The molecule has 2 heterocycles. The summed E-state index contributed by atoms with van der Waals surface area (Å²) in [4.78, 5) is 43.1. The Balaban J connectivity index is 1.47. The second kappa shape index (κ2) is 10.6. The minimum Gasteiger partial charge on any atom is -0.484 e. The predicted octanol–water partition coefficient (Wildman–Crippen LogP) is 2.34. The van der Waals surface area contributed by atoms with Crippen molar-refractivity contribution in [2.75, 3.05) is 39.3 Å². The van der Waals surface area contributed by atoms with Gasteiger partial charge in [0.05, 0.1) is 5.92 Å². The van der Waals surface area contributed by atoms with Gasteiger partial charge in [0.25, 0.3) is 5.91 Å². The van der Waals surface area contributed by atoms with Gasteiger partial charge in [0.15, 0.2) is 6.61 Å². The van der Waals surface area contributed by atoms with E-state index in [0.717, 1.165) is 19.3 Å². The van der Waals surface area contributed by atoms with E-state index in [1.165, 1.54) is 5.56 Å². The Morgan fingerprint density at radius 1 is 1.06 bits per heavy atom. The number of nitrogens with zero attached hydrogens (tertiary/aromatic N) is 3. The molecule has 31 heavy (non-hydrogen) atoms. The summed E-state index contributed by atoms with van der Waals surface area (Å²) in [7, 11) is 0. The summed E-state index contributed by atoms with van der Waals surface area (Å²) in [5.41, 5.74) is 1.26. The van der Waals surface area contributed by atoms with E-state index in [4.69, 9.17) is 4.74 Å². The monoisotopic (exact) mass is 429 g/mol. The molecule has 2 fully saturated rings. The van der Waals surface area contributed by atoms with Crippen molar-refractivity contribution in [3.05, 3.63) is 29.8 Å². The average molecular weight is 430 g/mol. The summed E-state index contributed by atoms with van der Waals surface area (Å²) in [6, 6.07) is 8.00. The number of benzene rings is 1. The maximum absolute atomic E-state index is 12.9. The van der Waals surface area contributed by atoms with E-state index in [9.17, 15) is 14.4 Å². The highest BCUT2D eigenvalue weighted by atomic mass is 16.5. The molecule has 7 heteroatoms. The van der Waals surface area contributed by atoms with E-state index in [2.05, 4.69) is 6.92 Å². The van der Waals surface area contributed by atoms with Crippen LogP contribution in [0, 0.1) is 5.92 Å². The topological polar surface area (TPSA) is 70.2 Å². The molecule has 1 aromatic carbocycles. The molecule has 7 nitrogen and oxygen atoms in total. The quantitative estimate of drug-likeness (QED) is 0.667. The maximum atomic E-state index is 12.9. The van der Waals surface area contributed by atoms with Crippen molar-refractivity contribution in [2.24, 2.45) is 5.92 Å². The highest BCUT2D eigenvalue weighted by Gasteiger charge is 2.37. The van der Waals surface area contributed by atoms with Crippen LogP contribution in [0.1, 0.15) is 45.6 Å². The Kier molecular flexibility index (Phi) is 7.93. The van der Waals surface area contributed by atoms with Gasteiger partial charge in [0, 0.05) is 45.2 Å². The number of likely N-dealkylation sites (tertiary alicyclic amines) is 1. The van der Waals surface area contributed by atoms with Gasteiger partial charge in [-0.05, 0) is 44.4 Å². The number of carbonyl (C=O) groups is 3. The molecule has 1 aromatic rings. The number of carbonyl (C=O) groups excluding carboxylic acids is 3. The van der Waals surface area contributed by atoms with E-state index in [1.54, 1.807) is 9.80 Å². The normalized spacial score (nSPS) is 19.7. The maximum Gasteiger partial charge on any atom is 0.260 e. The van der Waals surface area contributed by atoms with E-state index in [0.29, 0.717) is 44.9 Å².